The highest BCUT2D eigenvalue weighted by Gasteiger charge is 2.37. The van der Waals surface area contributed by atoms with Crippen molar-refractivity contribution in [1.29, 1.82) is 0 Å². The van der Waals surface area contributed by atoms with Crippen molar-refractivity contribution in [3.63, 3.8) is 0 Å². The molecule has 1 N–H and O–H groups in total. The van der Waals surface area contributed by atoms with Gasteiger partial charge >= 0.3 is 16.3 Å². The van der Waals surface area contributed by atoms with Gasteiger partial charge in [-0.25, -0.2) is 0 Å². The molecule has 2 aromatic rings. The van der Waals surface area contributed by atoms with E-state index in [0.29, 0.717) is 11.6 Å². The summed E-state index contributed by atoms with van der Waals surface area (Å²) >= 11 is 0. The Hall–Kier alpha value is -2.22. The largest absolute Gasteiger partial charge is 0.508 e. The van der Waals surface area contributed by atoms with Gasteiger partial charge in [-0.05, 0) is 36.8 Å². The van der Waals surface area contributed by atoms with Gasteiger partial charge in [0.15, 0.2) is 0 Å². The summed E-state index contributed by atoms with van der Waals surface area (Å²) in [4.78, 5) is -0.983. The Morgan fingerprint density at radius 3 is 2.32 bits per heavy atom. The molecule has 0 fully saturated rings. The van der Waals surface area contributed by atoms with Crippen LogP contribution in [-0.4, -0.2) is 13.5 Å². The Labute approximate surface area is 124 Å². The Morgan fingerprint density at radius 2 is 1.73 bits per heavy atom. The van der Waals surface area contributed by atoms with E-state index >= 15 is 0 Å². The minimum atomic E-state index is -4.83. The zero-order valence-corrected chi connectivity index (χ0v) is 12.1. The molecule has 0 unspecified atom stereocenters. The molecule has 4 nitrogen and oxygen atoms in total. The summed E-state index contributed by atoms with van der Waals surface area (Å²) in [5, 5.41) is 9.39. The lowest BCUT2D eigenvalue weighted by molar-refractivity contribution is -0.139. The predicted molar refractivity (Wildman–Crippen MR) is 72.1 cm³/mol. The Bertz CT molecular complexity index is 778. The number of hydrogen-bond donors (Lipinski definition) is 1. The lowest BCUT2D eigenvalue weighted by Gasteiger charge is -2.13. The molecule has 0 spiro atoms. The minimum absolute atomic E-state index is 0.255. The third-order valence-electron chi connectivity index (χ3n) is 2.70. The van der Waals surface area contributed by atoms with Gasteiger partial charge in [-0.3, -0.25) is 0 Å². The zero-order chi connectivity index (χ0) is 16.5. The molecule has 0 aromatic heterocycles. The van der Waals surface area contributed by atoms with Crippen LogP contribution in [0.5, 0.6) is 11.5 Å². The van der Waals surface area contributed by atoms with E-state index in [0.717, 1.165) is 18.2 Å². The molecule has 0 radical (unpaired) electrons. The summed E-state index contributed by atoms with van der Waals surface area (Å²) < 4.78 is 67.5. The summed E-state index contributed by atoms with van der Waals surface area (Å²) in [5.74, 6) is -0.524. The minimum Gasteiger partial charge on any atom is -0.508 e. The molecule has 22 heavy (non-hydrogen) atoms. The van der Waals surface area contributed by atoms with Gasteiger partial charge < -0.3 is 9.29 Å². The monoisotopic (exact) mass is 332 g/mol. The van der Waals surface area contributed by atoms with Crippen LogP contribution in [0.1, 0.15) is 11.1 Å². The van der Waals surface area contributed by atoms with Crippen molar-refractivity contribution in [2.75, 3.05) is 0 Å². The number of phenolic OH excluding ortho intramolecular Hbond substituents is 1. The van der Waals surface area contributed by atoms with Crippen molar-refractivity contribution in [3.8, 4) is 11.5 Å². The number of phenols is 1. The normalized spacial score (nSPS) is 12.2. The fourth-order valence-electron chi connectivity index (χ4n) is 1.87. The van der Waals surface area contributed by atoms with Crippen molar-refractivity contribution in [3.05, 3.63) is 53.6 Å². The van der Waals surface area contributed by atoms with Gasteiger partial charge in [-0.1, -0.05) is 12.1 Å². The van der Waals surface area contributed by atoms with Crippen LogP contribution in [0.25, 0.3) is 0 Å². The summed E-state index contributed by atoms with van der Waals surface area (Å²) in [7, 11) is -4.69. The van der Waals surface area contributed by atoms with Crippen molar-refractivity contribution in [2.24, 2.45) is 0 Å². The molecule has 118 valence electrons. The van der Waals surface area contributed by atoms with Crippen LogP contribution < -0.4 is 4.18 Å². The Balaban J connectivity index is 2.48. The highest BCUT2D eigenvalue weighted by atomic mass is 32.2. The van der Waals surface area contributed by atoms with Crippen LogP contribution in [0.3, 0.4) is 0 Å². The zero-order valence-electron chi connectivity index (χ0n) is 11.3. The average Bonchev–Trinajstić information content (AvgIpc) is 2.36. The van der Waals surface area contributed by atoms with E-state index in [-0.39, 0.29) is 11.5 Å². The number of halogens is 3. The van der Waals surface area contributed by atoms with Crippen LogP contribution in [0, 0.1) is 6.92 Å². The van der Waals surface area contributed by atoms with Gasteiger partial charge in [-0.15, -0.1) is 0 Å². The van der Waals surface area contributed by atoms with Gasteiger partial charge in [0.2, 0.25) is 0 Å². The van der Waals surface area contributed by atoms with E-state index in [1.54, 1.807) is 6.92 Å². The first-order valence-electron chi connectivity index (χ1n) is 6.01. The lowest BCUT2D eigenvalue weighted by atomic mass is 10.2. The van der Waals surface area contributed by atoms with Gasteiger partial charge in [0, 0.05) is 6.07 Å². The number of alkyl halides is 3. The first-order valence-corrected chi connectivity index (χ1v) is 7.42. The van der Waals surface area contributed by atoms with E-state index in [9.17, 15) is 26.7 Å². The fourth-order valence-corrected chi connectivity index (χ4v) is 3.00. The second kappa shape index (κ2) is 5.53. The van der Waals surface area contributed by atoms with E-state index < -0.39 is 26.8 Å². The number of aromatic hydroxyl groups is 1. The van der Waals surface area contributed by atoms with Crippen LogP contribution in [-0.2, 0) is 16.3 Å². The molecule has 0 aliphatic heterocycles. The molecule has 8 heteroatoms. The van der Waals surface area contributed by atoms with E-state index in [2.05, 4.69) is 0 Å². The van der Waals surface area contributed by atoms with Crippen molar-refractivity contribution in [2.45, 2.75) is 18.0 Å². The summed E-state index contributed by atoms with van der Waals surface area (Å²) in [6.45, 7) is 1.57. The number of rotatable bonds is 3. The molecule has 0 heterocycles. The maximum Gasteiger partial charge on any atom is 0.417 e. The molecular weight excluding hydrogens is 321 g/mol. The second-order valence-electron chi connectivity index (χ2n) is 4.54. The maximum atomic E-state index is 12.9. The SMILES string of the molecule is Cc1cc(O)cc(OS(=O)(=O)c2ccccc2C(F)(F)F)c1. The van der Waals surface area contributed by atoms with Crippen molar-refractivity contribution >= 4 is 10.1 Å². The fraction of sp³-hybridized carbons (Fsp3) is 0.143. The van der Waals surface area contributed by atoms with E-state index in [1.165, 1.54) is 18.2 Å². The summed E-state index contributed by atoms with van der Waals surface area (Å²) in [6, 6.07) is 7.36. The molecular formula is C14H11F3O4S. The van der Waals surface area contributed by atoms with Crippen LogP contribution in [0.2, 0.25) is 0 Å². The molecule has 0 aliphatic rings. The van der Waals surface area contributed by atoms with E-state index in [4.69, 9.17) is 4.18 Å². The van der Waals surface area contributed by atoms with Gasteiger partial charge in [-0.2, -0.15) is 21.6 Å². The highest BCUT2D eigenvalue weighted by molar-refractivity contribution is 7.87. The number of hydrogen-bond acceptors (Lipinski definition) is 4. The van der Waals surface area contributed by atoms with Gasteiger partial charge in [0.25, 0.3) is 0 Å². The molecule has 0 saturated carbocycles. The Morgan fingerprint density at radius 1 is 1.09 bits per heavy atom. The van der Waals surface area contributed by atoms with Crippen LogP contribution in [0.15, 0.2) is 47.4 Å². The van der Waals surface area contributed by atoms with Crippen molar-refractivity contribution < 1.29 is 30.9 Å². The second-order valence-corrected chi connectivity index (χ2v) is 6.05. The first kappa shape index (κ1) is 16.2. The molecule has 0 bridgehead atoms. The van der Waals surface area contributed by atoms with Crippen LogP contribution in [0.4, 0.5) is 13.2 Å². The van der Waals surface area contributed by atoms with Gasteiger partial charge in [0.1, 0.15) is 16.4 Å². The number of benzene rings is 2. The Kier molecular flexibility index (Phi) is 4.06. The first-order chi connectivity index (χ1) is 10.1. The molecule has 0 saturated heterocycles. The number of aryl methyl sites for hydroxylation is 1. The van der Waals surface area contributed by atoms with Gasteiger partial charge in [0.05, 0.1) is 5.56 Å². The van der Waals surface area contributed by atoms with E-state index in [1.807, 2.05) is 0 Å². The molecule has 2 aromatic carbocycles. The summed E-state index contributed by atoms with van der Waals surface area (Å²) in [5.41, 5.74) is -0.818. The van der Waals surface area contributed by atoms with Crippen LogP contribution >= 0.6 is 0 Å². The highest BCUT2D eigenvalue weighted by Crippen LogP contribution is 2.35. The lowest BCUT2D eigenvalue weighted by Crippen LogP contribution is -2.17. The third-order valence-corrected chi connectivity index (χ3v) is 4.01. The summed E-state index contributed by atoms with van der Waals surface area (Å²) in [6.07, 6.45) is -4.83. The average molecular weight is 332 g/mol. The standard InChI is InChI=1S/C14H11F3O4S/c1-9-6-10(18)8-11(7-9)21-22(19,20)13-5-3-2-4-12(13)14(15,16)17/h2-8,18H,1H3. The third kappa shape index (κ3) is 3.51. The maximum absolute atomic E-state index is 12.9. The molecule has 2 rings (SSSR count). The topological polar surface area (TPSA) is 63.6 Å². The molecule has 0 atom stereocenters. The molecule has 0 amide bonds. The van der Waals surface area contributed by atoms with Crippen molar-refractivity contribution in [1.82, 2.24) is 0 Å². The smallest absolute Gasteiger partial charge is 0.417 e. The quantitative estimate of drug-likeness (QED) is 0.874. The predicted octanol–water partition coefficient (Wildman–Crippen LogP) is 3.49. The molecule has 0 aliphatic carbocycles.